The number of benzene rings is 2. The van der Waals surface area contributed by atoms with Crippen LogP contribution in [0.4, 0.5) is 15.8 Å². The van der Waals surface area contributed by atoms with Crippen LogP contribution in [0.1, 0.15) is 11.3 Å². The number of aliphatic imine (C=N–C) groups is 1. The third-order valence-electron chi connectivity index (χ3n) is 6.25. The number of aryl methyl sites for hydroxylation is 3. The minimum absolute atomic E-state index is 0.118. The number of ether oxygens (including phenoxy) is 1. The van der Waals surface area contributed by atoms with Crippen molar-refractivity contribution in [3.05, 3.63) is 74.3 Å². The summed E-state index contributed by atoms with van der Waals surface area (Å²) >= 11 is 0. The van der Waals surface area contributed by atoms with E-state index in [1.807, 2.05) is 12.1 Å². The van der Waals surface area contributed by atoms with Gasteiger partial charge in [0.25, 0.3) is 5.56 Å². The van der Waals surface area contributed by atoms with Crippen molar-refractivity contribution in [2.45, 2.75) is 6.92 Å². The zero-order valence-corrected chi connectivity index (χ0v) is 19.2. The lowest BCUT2D eigenvalue weighted by molar-refractivity contribution is 0.123. The molecule has 0 unspecified atom stereocenters. The Labute approximate surface area is 194 Å². The van der Waals surface area contributed by atoms with Gasteiger partial charge in [-0.25, -0.2) is 13.9 Å². The zero-order valence-electron chi connectivity index (χ0n) is 19.2. The number of morpholine rings is 1. The summed E-state index contributed by atoms with van der Waals surface area (Å²) in [5.74, 6) is -0.372. The second-order valence-electron chi connectivity index (χ2n) is 8.36. The molecule has 1 aliphatic rings. The van der Waals surface area contributed by atoms with E-state index in [1.165, 1.54) is 28.9 Å². The predicted molar refractivity (Wildman–Crippen MR) is 130 cm³/mol. The molecule has 1 aliphatic heterocycles. The molecular weight excluding hydrogens is 439 g/mol. The van der Waals surface area contributed by atoms with E-state index in [0.717, 1.165) is 16.7 Å². The third-order valence-corrected chi connectivity index (χ3v) is 6.25. The van der Waals surface area contributed by atoms with Gasteiger partial charge in [0, 0.05) is 39.1 Å². The van der Waals surface area contributed by atoms with Gasteiger partial charge in [0.2, 0.25) is 0 Å². The lowest BCUT2D eigenvalue weighted by Crippen LogP contribution is -2.36. The normalized spacial score (nSPS) is 14.5. The quantitative estimate of drug-likeness (QED) is 0.470. The Morgan fingerprint density at radius 1 is 1.03 bits per heavy atom. The highest BCUT2D eigenvalue weighted by molar-refractivity contribution is 5.91. The van der Waals surface area contributed by atoms with Crippen molar-refractivity contribution in [3.8, 4) is 5.69 Å². The number of halogens is 1. The van der Waals surface area contributed by atoms with Crippen molar-refractivity contribution >= 4 is 28.6 Å². The Hall–Kier alpha value is -3.92. The fourth-order valence-electron chi connectivity index (χ4n) is 4.30. The maximum atomic E-state index is 13.3. The van der Waals surface area contributed by atoms with E-state index in [9.17, 15) is 14.0 Å². The molecule has 4 aromatic rings. The maximum absolute atomic E-state index is 13.3. The minimum atomic E-state index is -0.372. The van der Waals surface area contributed by atoms with Crippen molar-refractivity contribution in [1.82, 2.24) is 18.9 Å². The van der Waals surface area contributed by atoms with E-state index in [0.29, 0.717) is 48.9 Å². The number of fused-ring (bicyclic) bond motifs is 1. The van der Waals surface area contributed by atoms with Crippen LogP contribution >= 0.6 is 0 Å². The van der Waals surface area contributed by atoms with Gasteiger partial charge in [-0.1, -0.05) is 0 Å². The van der Waals surface area contributed by atoms with E-state index < -0.39 is 0 Å². The molecule has 1 fully saturated rings. The molecule has 2 aromatic heterocycles. The Kier molecular flexibility index (Phi) is 5.45. The Balaban J connectivity index is 1.61. The van der Waals surface area contributed by atoms with Gasteiger partial charge in [0.1, 0.15) is 5.82 Å². The highest BCUT2D eigenvalue weighted by Gasteiger charge is 2.19. The maximum Gasteiger partial charge on any atom is 0.328 e. The van der Waals surface area contributed by atoms with Crippen molar-refractivity contribution in [1.29, 1.82) is 0 Å². The number of nitrogens with one attached hydrogen (secondary N) is 1. The molecule has 0 bridgehead atoms. The topological polar surface area (TPSA) is 89.6 Å². The molecule has 0 spiro atoms. The van der Waals surface area contributed by atoms with E-state index >= 15 is 0 Å². The molecular formula is C24H25FN6O3. The van der Waals surface area contributed by atoms with Crippen LogP contribution in [0.25, 0.3) is 16.7 Å². The standard InChI is InChI=1S/C24H25FN6O3/c1-15-18(23(32)31(27-15)17-6-4-16(25)5-7-17)14-26-19-12-21-22(29(3)24(33)28(21)2)13-20(19)30-8-10-34-11-9-30/h4-7,12-14,27H,8-11H2,1-3H3. The summed E-state index contributed by atoms with van der Waals surface area (Å²) in [6, 6.07) is 9.52. The zero-order chi connectivity index (χ0) is 24.0. The van der Waals surface area contributed by atoms with Gasteiger partial charge in [-0.15, -0.1) is 0 Å². The lowest BCUT2D eigenvalue weighted by Gasteiger charge is -2.30. The molecule has 176 valence electrons. The van der Waals surface area contributed by atoms with Gasteiger partial charge in [-0.05, 0) is 43.3 Å². The minimum Gasteiger partial charge on any atom is -0.378 e. The lowest BCUT2D eigenvalue weighted by atomic mass is 10.2. The highest BCUT2D eigenvalue weighted by Crippen LogP contribution is 2.33. The summed E-state index contributed by atoms with van der Waals surface area (Å²) in [6.45, 7) is 4.41. The SMILES string of the molecule is Cc1[nH]n(-c2ccc(F)cc2)c(=O)c1C=Nc1cc2c(cc1N1CCOCC1)n(C)c(=O)n2C. The van der Waals surface area contributed by atoms with Crippen molar-refractivity contribution < 1.29 is 9.13 Å². The average Bonchev–Trinajstić information content (AvgIpc) is 3.25. The number of aromatic nitrogens is 4. The molecule has 2 aromatic carbocycles. The van der Waals surface area contributed by atoms with Crippen LogP contribution in [-0.2, 0) is 18.8 Å². The Morgan fingerprint density at radius 2 is 1.68 bits per heavy atom. The van der Waals surface area contributed by atoms with Crippen molar-refractivity contribution in [2.75, 3.05) is 31.2 Å². The van der Waals surface area contributed by atoms with E-state index in [4.69, 9.17) is 9.73 Å². The average molecular weight is 465 g/mol. The first-order valence-corrected chi connectivity index (χ1v) is 11.0. The molecule has 0 aliphatic carbocycles. The van der Waals surface area contributed by atoms with Crippen LogP contribution in [0.5, 0.6) is 0 Å². The summed E-state index contributed by atoms with van der Waals surface area (Å²) in [7, 11) is 3.47. The molecule has 9 nitrogen and oxygen atoms in total. The Bertz CT molecular complexity index is 1520. The molecule has 0 radical (unpaired) electrons. The first kappa shape index (κ1) is 21.9. The van der Waals surface area contributed by atoms with Gasteiger partial charge in [-0.2, -0.15) is 0 Å². The summed E-state index contributed by atoms with van der Waals surface area (Å²) in [5, 5.41) is 3.03. The number of hydrogen-bond acceptors (Lipinski definition) is 5. The predicted octanol–water partition coefficient (Wildman–Crippen LogP) is 2.39. The molecule has 0 saturated carbocycles. The number of H-pyrrole nitrogens is 1. The fourth-order valence-corrected chi connectivity index (χ4v) is 4.30. The van der Waals surface area contributed by atoms with Crippen LogP contribution in [-0.4, -0.2) is 51.4 Å². The molecule has 34 heavy (non-hydrogen) atoms. The van der Waals surface area contributed by atoms with E-state index in [1.54, 1.807) is 36.4 Å². The summed E-state index contributed by atoms with van der Waals surface area (Å²) in [6.07, 6.45) is 1.54. The van der Waals surface area contributed by atoms with E-state index in [-0.39, 0.29) is 17.1 Å². The first-order valence-electron chi connectivity index (χ1n) is 11.0. The smallest absolute Gasteiger partial charge is 0.328 e. The number of imidazole rings is 1. The van der Waals surface area contributed by atoms with Gasteiger partial charge >= 0.3 is 5.69 Å². The number of aromatic amines is 1. The van der Waals surface area contributed by atoms with Gasteiger partial charge in [0.15, 0.2) is 0 Å². The van der Waals surface area contributed by atoms with Crippen LogP contribution in [0.15, 0.2) is 51.0 Å². The molecule has 10 heteroatoms. The number of hydrogen-bond donors (Lipinski definition) is 1. The second-order valence-corrected chi connectivity index (χ2v) is 8.36. The molecule has 3 heterocycles. The number of rotatable bonds is 4. The monoisotopic (exact) mass is 464 g/mol. The summed E-state index contributed by atoms with van der Waals surface area (Å²) in [4.78, 5) is 32.4. The van der Waals surface area contributed by atoms with Crippen LogP contribution in [0, 0.1) is 12.7 Å². The molecule has 0 amide bonds. The molecule has 0 atom stereocenters. The van der Waals surface area contributed by atoms with Gasteiger partial charge < -0.3 is 9.64 Å². The van der Waals surface area contributed by atoms with Gasteiger partial charge in [0.05, 0.1) is 46.9 Å². The number of anilines is 1. The van der Waals surface area contributed by atoms with Crippen LogP contribution in [0.3, 0.4) is 0 Å². The molecule has 5 rings (SSSR count). The molecule has 1 saturated heterocycles. The summed E-state index contributed by atoms with van der Waals surface area (Å²) < 4.78 is 23.4. The van der Waals surface area contributed by atoms with Crippen LogP contribution < -0.4 is 16.1 Å². The highest BCUT2D eigenvalue weighted by atomic mass is 19.1. The van der Waals surface area contributed by atoms with Crippen LogP contribution in [0.2, 0.25) is 0 Å². The molecule has 1 N–H and O–H groups in total. The third kappa shape index (κ3) is 3.65. The number of nitrogens with zero attached hydrogens (tertiary/aromatic N) is 5. The fraction of sp³-hybridized carbons (Fsp3) is 0.292. The van der Waals surface area contributed by atoms with E-state index in [2.05, 4.69) is 10.00 Å². The first-order chi connectivity index (χ1) is 16.3. The second kappa shape index (κ2) is 8.45. The van der Waals surface area contributed by atoms with Crippen molar-refractivity contribution in [2.24, 2.45) is 19.1 Å². The largest absolute Gasteiger partial charge is 0.378 e. The summed E-state index contributed by atoms with van der Waals surface area (Å²) in [5.41, 5.74) is 4.27. The van der Waals surface area contributed by atoms with Crippen molar-refractivity contribution in [3.63, 3.8) is 0 Å². The Morgan fingerprint density at radius 3 is 2.35 bits per heavy atom. The van der Waals surface area contributed by atoms with Gasteiger partial charge in [-0.3, -0.25) is 24.0 Å².